The van der Waals surface area contributed by atoms with Crippen LogP contribution in [0.1, 0.15) is 11.1 Å². The summed E-state index contributed by atoms with van der Waals surface area (Å²) >= 11 is 0. The molecule has 118 valence electrons. The highest BCUT2D eigenvalue weighted by Crippen LogP contribution is 2.27. The fourth-order valence-electron chi connectivity index (χ4n) is 2.04. The van der Waals surface area contributed by atoms with Gasteiger partial charge in [-0.3, -0.25) is 0 Å². The molecule has 0 saturated carbocycles. The third-order valence-electron chi connectivity index (χ3n) is 3.23. The first-order valence-corrected chi connectivity index (χ1v) is 7.18. The Morgan fingerprint density at radius 3 is 2.18 bits per heavy atom. The Morgan fingerprint density at radius 2 is 1.55 bits per heavy atom. The summed E-state index contributed by atoms with van der Waals surface area (Å²) in [4.78, 5) is 0. The average molecular weight is 302 g/mol. The number of hydrogen-bond donors (Lipinski definition) is 0. The molecule has 0 bridgehead atoms. The van der Waals surface area contributed by atoms with Gasteiger partial charge < -0.3 is 18.9 Å². The maximum Gasteiger partial charge on any atom is 0.191 e. The molecule has 0 spiro atoms. The molecule has 0 aliphatic heterocycles. The van der Waals surface area contributed by atoms with E-state index >= 15 is 0 Å². The van der Waals surface area contributed by atoms with Crippen molar-refractivity contribution in [3.05, 3.63) is 59.7 Å². The number of para-hydroxylation sites is 2. The minimum absolute atomic E-state index is 0.303. The molecule has 0 aromatic heterocycles. The predicted molar refractivity (Wildman–Crippen MR) is 85.3 cm³/mol. The second kappa shape index (κ2) is 8.41. The molecule has 0 unspecified atom stereocenters. The molecule has 0 fully saturated rings. The molecule has 0 saturated heterocycles. The van der Waals surface area contributed by atoms with Gasteiger partial charge in [-0.1, -0.05) is 42.0 Å². The van der Waals surface area contributed by atoms with Gasteiger partial charge in [0, 0.05) is 14.2 Å². The van der Waals surface area contributed by atoms with Gasteiger partial charge in [-0.15, -0.1) is 0 Å². The Hall–Kier alpha value is -2.04. The van der Waals surface area contributed by atoms with Crippen molar-refractivity contribution in [1.29, 1.82) is 0 Å². The van der Waals surface area contributed by atoms with Gasteiger partial charge >= 0.3 is 0 Å². The quantitative estimate of drug-likeness (QED) is 0.699. The van der Waals surface area contributed by atoms with Gasteiger partial charge in [0.25, 0.3) is 0 Å². The number of hydrogen-bond acceptors (Lipinski definition) is 4. The van der Waals surface area contributed by atoms with Crippen molar-refractivity contribution in [1.82, 2.24) is 0 Å². The molecule has 22 heavy (non-hydrogen) atoms. The molecule has 0 atom stereocenters. The van der Waals surface area contributed by atoms with Crippen LogP contribution in [0, 0.1) is 6.92 Å². The summed E-state index contributed by atoms with van der Waals surface area (Å²) in [7, 11) is 3.16. The number of ether oxygens (including phenoxy) is 4. The molecule has 4 heteroatoms. The van der Waals surface area contributed by atoms with Crippen LogP contribution in [-0.4, -0.2) is 27.1 Å². The Morgan fingerprint density at radius 1 is 0.864 bits per heavy atom. The molecule has 0 heterocycles. The lowest BCUT2D eigenvalue weighted by Crippen LogP contribution is -2.22. The van der Waals surface area contributed by atoms with Crippen LogP contribution >= 0.6 is 0 Å². The van der Waals surface area contributed by atoms with Crippen LogP contribution < -0.4 is 9.47 Å². The Kier molecular flexibility index (Phi) is 6.25. The summed E-state index contributed by atoms with van der Waals surface area (Å²) in [5, 5.41) is 0. The first-order chi connectivity index (χ1) is 10.7. The van der Waals surface area contributed by atoms with E-state index in [0.717, 1.165) is 5.56 Å². The van der Waals surface area contributed by atoms with Gasteiger partial charge in [0.2, 0.25) is 0 Å². The minimum atomic E-state index is -0.398. The fraction of sp³-hybridized carbons (Fsp3) is 0.333. The monoisotopic (exact) mass is 302 g/mol. The summed E-state index contributed by atoms with van der Waals surface area (Å²) < 4.78 is 21.8. The van der Waals surface area contributed by atoms with Crippen molar-refractivity contribution in [3.63, 3.8) is 0 Å². The van der Waals surface area contributed by atoms with Crippen LogP contribution in [0.5, 0.6) is 11.5 Å². The molecular formula is C18H22O4. The largest absolute Gasteiger partial charge is 0.485 e. The maximum atomic E-state index is 5.87. The molecule has 4 nitrogen and oxygen atoms in total. The van der Waals surface area contributed by atoms with Crippen molar-refractivity contribution in [3.8, 4) is 11.5 Å². The lowest BCUT2D eigenvalue weighted by Gasteiger charge is -2.16. The first kappa shape index (κ1) is 16.3. The highest BCUT2D eigenvalue weighted by atomic mass is 16.7. The van der Waals surface area contributed by atoms with E-state index in [1.165, 1.54) is 5.56 Å². The van der Waals surface area contributed by atoms with Gasteiger partial charge in [0.15, 0.2) is 17.8 Å². The molecule has 0 N–H and O–H groups in total. The van der Waals surface area contributed by atoms with Crippen LogP contribution in [-0.2, 0) is 16.1 Å². The molecule has 2 rings (SSSR count). The zero-order valence-corrected chi connectivity index (χ0v) is 13.2. The normalized spacial score (nSPS) is 10.7. The van der Waals surface area contributed by atoms with Crippen LogP contribution in [0.25, 0.3) is 0 Å². The van der Waals surface area contributed by atoms with Crippen LogP contribution in [0.4, 0.5) is 0 Å². The molecule has 2 aromatic carbocycles. The van der Waals surface area contributed by atoms with Crippen LogP contribution in [0.15, 0.2) is 48.5 Å². The number of benzene rings is 2. The number of rotatable bonds is 8. The number of aryl methyl sites for hydroxylation is 1. The van der Waals surface area contributed by atoms with Crippen molar-refractivity contribution in [2.45, 2.75) is 19.8 Å². The lowest BCUT2D eigenvalue weighted by atomic mass is 10.1. The van der Waals surface area contributed by atoms with E-state index in [0.29, 0.717) is 24.7 Å². The van der Waals surface area contributed by atoms with Crippen LogP contribution in [0.2, 0.25) is 0 Å². The highest BCUT2D eigenvalue weighted by Gasteiger charge is 2.09. The van der Waals surface area contributed by atoms with E-state index in [-0.39, 0.29) is 0 Å². The Balaban J connectivity index is 1.99. The van der Waals surface area contributed by atoms with Gasteiger partial charge in [-0.05, 0) is 24.6 Å². The SMILES string of the molecule is COC(COc1ccccc1OCc1cccc(C)c1)OC. The smallest absolute Gasteiger partial charge is 0.191 e. The first-order valence-electron chi connectivity index (χ1n) is 7.18. The summed E-state index contributed by atoms with van der Waals surface area (Å²) in [5.74, 6) is 1.38. The van der Waals surface area contributed by atoms with Crippen LogP contribution in [0.3, 0.4) is 0 Å². The summed E-state index contributed by atoms with van der Waals surface area (Å²) in [6.07, 6.45) is -0.398. The fourth-order valence-corrected chi connectivity index (χ4v) is 2.04. The van der Waals surface area contributed by atoms with E-state index in [2.05, 4.69) is 19.1 Å². The molecule has 0 amide bonds. The lowest BCUT2D eigenvalue weighted by molar-refractivity contribution is -0.122. The van der Waals surface area contributed by atoms with E-state index in [9.17, 15) is 0 Å². The van der Waals surface area contributed by atoms with Crippen molar-refractivity contribution in [2.24, 2.45) is 0 Å². The van der Waals surface area contributed by atoms with Gasteiger partial charge in [0.1, 0.15) is 13.2 Å². The highest BCUT2D eigenvalue weighted by molar-refractivity contribution is 5.39. The molecule has 0 radical (unpaired) electrons. The predicted octanol–water partition coefficient (Wildman–Crippen LogP) is 3.57. The minimum Gasteiger partial charge on any atom is -0.485 e. The molecule has 0 aliphatic rings. The summed E-state index contributed by atoms with van der Waals surface area (Å²) in [5.41, 5.74) is 2.34. The molecular weight excluding hydrogens is 280 g/mol. The van der Waals surface area contributed by atoms with E-state index in [1.54, 1.807) is 14.2 Å². The maximum absolute atomic E-state index is 5.87. The average Bonchev–Trinajstić information content (AvgIpc) is 2.55. The Bertz CT molecular complexity index is 579. The Labute approximate surface area is 131 Å². The zero-order valence-electron chi connectivity index (χ0n) is 13.2. The van der Waals surface area contributed by atoms with E-state index in [4.69, 9.17) is 18.9 Å². The summed E-state index contributed by atoms with van der Waals surface area (Å²) in [6, 6.07) is 15.8. The number of methoxy groups -OCH3 is 2. The van der Waals surface area contributed by atoms with Crippen molar-refractivity contribution >= 4 is 0 Å². The molecule has 2 aromatic rings. The van der Waals surface area contributed by atoms with Gasteiger partial charge in [-0.25, -0.2) is 0 Å². The second-order valence-corrected chi connectivity index (χ2v) is 4.94. The standard InChI is InChI=1S/C18H22O4/c1-14-7-6-8-15(11-14)12-21-16-9-4-5-10-17(16)22-13-18(19-2)20-3/h4-11,18H,12-13H2,1-3H3. The second-order valence-electron chi connectivity index (χ2n) is 4.94. The molecule has 0 aliphatic carbocycles. The van der Waals surface area contributed by atoms with E-state index in [1.807, 2.05) is 36.4 Å². The third-order valence-corrected chi connectivity index (χ3v) is 3.23. The van der Waals surface area contributed by atoms with Crippen molar-refractivity contribution in [2.75, 3.05) is 20.8 Å². The third kappa shape index (κ3) is 4.76. The topological polar surface area (TPSA) is 36.9 Å². The zero-order chi connectivity index (χ0) is 15.8. The van der Waals surface area contributed by atoms with Gasteiger partial charge in [-0.2, -0.15) is 0 Å². The van der Waals surface area contributed by atoms with Crippen molar-refractivity contribution < 1.29 is 18.9 Å². The summed E-state index contributed by atoms with van der Waals surface area (Å²) in [6.45, 7) is 2.87. The van der Waals surface area contributed by atoms with E-state index < -0.39 is 6.29 Å². The van der Waals surface area contributed by atoms with Gasteiger partial charge in [0.05, 0.1) is 0 Å².